The van der Waals surface area contributed by atoms with E-state index >= 15 is 0 Å². The molecule has 84 valence electrons. The highest BCUT2D eigenvalue weighted by molar-refractivity contribution is 5.05. The summed E-state index contributed by atoms with van der Waals surface area (Å²) < 4.78 is 0. The van der Waals surface area contributed by atoms with Crippen molar-refractivity contribution in [2.45, 2.75) is 64.6 Å². The van der Waals surface area contributed by atoms with Crippen molar-refractivity contribution in [3.63, 3.8) is 0 Å². The van der Waals surface area contributed by atoms with Gasteiger partial charge < -0.3 is 10.2 Å². The van der Waals surface area contributed by atoms with Crippen LogP contribution in [0.4, 0.5) is 0 Å². The zero-order valence-electron chi connectivity index (χ0n) is 9.88. The van der Waals surface area contributed by atoms with Gasteiger partial charge in [-0.15, -0.1) is 0 Å². The molecule has 0 aromatic rings. The van der Waals surface area contributed by atoms with Gasteiger partial charge in [-0.25, -0.2) is 0 Å². The Balaban J connectivity index is 4.26. The highest BCUT2D eigenvalue weighted by atomic mass is 16.3. The molecule has 0 aliphatic rings. The Hall–Kier alpha value is -0.340. The van der Waals surface area contributed by atoms with Crippen molar-refractivity contribution < 1.29 is 10.2 Å². The van der Waals surface area contributed by atoms with Crippen LogP contribution in [0.15, 0.2) is 12.2 Å². The van der Waals surface area contributed by atoms with Crippen LogP contribution < -0.4 is 0 Å². The molecule has 0 bridgehead atoms. The molecule has 0 aliphatic carbocycles. The molecule has 0 heterocycles. The normalized spacial score (nSPS) is 20.7. The van der Waals surface area contributed by atoms with E-state index in [0.29, 0.717) is 0 Å². The summed E-state index contributed by atoms with van der Waals surface area (Å²) in [5.41, 5.74) is -1.57. The van der Waals surface area contributed by atoms with E-state index in [1.54, 1.807) is 26.0 Å². The summed E-state index contributed by atoms with van der Waals surface area (Å²) >= 11 is 0. The second kappa shape index (κ2) is 5.52. The van der Waals surface area contributed by atoms with Gasteiger partial charge in [0.25, 0.3) is 0 Å². The molecule has 0 aliphatic heterocycles. The minimum Gasteiger partial charge on any atom is -0.386 e. The third kappa shape index (κ3) is 6.17. The molecule has 0 aromatic carbocycles. The first-order valence-electron chi connectivity index (χ1n) is 5.48. The summed E-state index contributed by atoms with van der Waals surface area (Å²) in [4.78, 5) is 0. The molecule has 0 radical (unpaired) electrons. The summed E-state index contributed by atoms with van der Waals surface area (Å²) in [6.45, 7) is 7.61. The first-order chi connectivity index (χ1) is 6.33. The van der Waals surface area contributed by atoms with Crippen molar-refractivity contribution in [1.29, 1.82) is 0 Å². The SMILES string of the molecule is CCCC(C)(O)C=CC(C)(O)CCC. The van der Waals surface area contributed by atoms with Crippen LogP contribution in [0.25, 0.3) is 0 Å². The first-order valence-corrected chi connectivity index (χ1v) is 5.48. The molecule has 2 unspecified atom stereocenters. The third-order valence-electron chi connectivity index (χ3n) is 2.31. The zero-order valence-corrected chi connectivity index (χ0v) is 9.88. The smallest absolute Gasteiger partial charge is 0.0800 e. The fourth-order valence-corrected chi connectivity index (χ4v) is 1.54. The van der Waals surface area contributed by atoms with Crippen molar-refractivity contribution in [3.8, 4) is 0 Å². The maximum absolute atomic E-state index is 9.85. The second-order valence-corrected chi connectivity index (χ2v) is 4.55. The van der Waals surface area contributed by atoms with E-state index in [9.17, 15) is 10.2 Å². The Morgan fingerprint density at radius 2 is 1.14 bits per heavy atom. The van der Waals surface area contributed by atoms with Gasteiger partial charge in [0.05, 0.1) is 11.2 Å². The fourth-order valence-electron chi connectivity index (χ4n) is 1.54. The molecule has 0 saturated carbocycles. The minimum atomic E-state index is -0.785. The molecule has 0 spiro atoms. The molecule has 2 atom stereocenters. The topological polar surface area (TPSA) is 40.5 Å². The van der Waals surface area contributed by atoms with Gasteiger partial charge in [-0.05, 0) is 26.7 Å². The Bertz CT molecular complexity index is 161. The van der Waals surface area contributed by atoms with Crippen molar-refractivity contribution in [3.05, 3.63) is 12.2 Å². The minimum absolute atomic E-state index is 0.728. The Kier molecular flexibility index (Phi) is 5.38. The summed E-state index contributed by atoms with van der Waals surface area (Å²) in [5.74, 6) is 0. The van der Waals surface area contributed by atoms with E-state index in [0.717, 1.165) is 25.7 Å². The average Bonchev–Trinajstić information content (AvgIpc) is 2.01. The molecular weight excluding hydrogens is 176 g/mol. The van der Waals surface area contributed by atoms with Crippen LogP contribution in [-0.2, 0) is 0 Å². The summed E-state index contributed by atoms with van der Waals surface area (Å²) in [6.07, 6.45) is 6.76. The molecule has 0 rings (SSSR count). The van der Waals surface area contributed by atoms with Crippen LogP contribution in [0.3, 0.4) is 0 Å². The Morgan fingerprint density at radius 1 is 0.857 bits per heavy atom. The fraction of sp³-hybridized carbons (Fsp3) is 0.833. The second-order valence-electron chi connectivity index (χ2n) is 4.55. The number of hydrogen-bond acceptors (Lipinski definition) is 2. The predicted molar refractivity (Wildman–Crippen MR) is 60.2 cm³/mol. The van der Waals surface area contributed by atoms with Crippen molar-refractivity contribution in [2.24, 2.45) is 0 Å². The maximum Gasteiger partial charge on any atom is 0.0800 e. The number of aliphatic hydroxyl groups is 2. The average molecular weight is 200 g/mol. The zero-order chi connectivity index (χ0) is 11.2. The lowest BCUT2D eigenvalue weighted by atomic mass is 9.94. The molecule has 0 amide bonds. The van der Waals surface area contributed by atoms with Crippen LogP contribution >= 0.6 is 0 Å². The molecule has 0 aromatic heterocycles. The summed E-state index contributed by atoms with van der Waals surface area (Å²) in [6, 6.07) is 0. The summed E-state index contributed by atoms with van der Waals surface area (Å²) in [5, 5.41) is 19.7. The van der Waals surface area contributed by atoms with E-state index < -0.39 is 11.2 Å². The third-order valence-corrected chi connectivity index (χ3v) is 2.31. The van der Waals surface area contributed by atoms with Crippen LogP contribution in [0.2, 0.25) is 0 Å². The van der Waals surface area contributed by atoms with E-state index in [1.165, 1.54) is 0 Å². The van der Waals surface area contributed by atoms with Gasteiger partial charge in [0.1, 0.15) is 0 Å². The van der Waals surface area contributed by atoms with E-state index in [2.05, 4.69) is 0 Å². The summed E-state index contributed by atoms with van der Waals surface area (Å²) in [7, 11) is 0. The molecule has 2 nitrogen and oxygen atoms in total. The molecule has 2 N–H and O–H groups in total. The molecule has 14 heavy (non-hydrogen) atoms. The van der Waals surface area contributed by atoms with Crippen LogP contribution in [0.1, 0.15) is 53.4 Å². The lowest BCUT2D eigenvalue weighted by Gasteiger charge is -2.22. The van der Waals surface area contributed by atoms with E-state index in [4.69, 9.17) is 0 Å². The van der Waals surface area contributed by atoms with Crippen molar-refractivity contribution in [2.75, 3.05) is 0 Å². The lowest BCUT2D eigenvalue weighted by Crippen LogP contribution is -2.25. The Morgan fingerprint density at radius 3 is 1.36 bits per heavy atom. The first kappa shape index (κ1) is 13.7. The van der Waals surface area contributed by atoms with Gasteiger partial charge in [0.2, 0.25) is 0 Å². The highest BCUT2D eigenvalue weighted by Gasteiger charge is 2.19. The van der Waals surface area contributed by atoms with Crippen molar-refractivity contribution >= 4 is 0 Å². The Labute approximate surface area is 87.7 Å². The standard InChI is InChI=1S/C12H24O2/c1-5-7-11(3,13)9-10-12(4,14)8-6-2/h9-10,13-14H,5-8H2,1-4H3. The van der Waals surface area contributed by atoms with Gasteiger partial charge >= 0.3 is 0 Å². The van der Waals surface area contributed by atoms with Gasteiger partial charge in [-0.1, -0.05) is 38.8 Å². The number of rotatable bonds is 6. The monoisotopic (exact) mass is 200 g/mol. The van der Waals surface area contributed by atoms with E-state index in [1.807, 2.05) is 13.8 Å². The van der Waals surface area contributed by atoms with Crippen LogP contribution in [-0.4, -0.2) is 21.4 Å². The van der Waals surface area contributed by atoms with Crippen LogP contribution in [0.5, 0.6) is 0 Å². The van der Waals surface area contributed by atoms with Gasteiger partial charge in [-0.3, -0.25) is 0 Å². The quantitative estimate of drug-likeness (QED) is 0.647. The lowest BCUT2D eigenvalue weighted by molar-refractivity contribution is 0.0829. The van der Waals surface area contributed by atoms with Gasteiger partial charge in [0.15, 0.2) is 0 Å². The molecular formula is C12H24O2. The van der Waals surface area contributed by atoms with Crippen molar-refractivity contribution in [1.82, 2.24) is 0 Å². The predicted octanol–water partition coefficient (Wildman–Crippen LogP) is 2.64. The van der Waals surface area contributed by atoms with Gasteiger partial charge in [-0.2, -0.15) is 0 Å². The number of hydrogen-bond donors (Lipinski definition) is 2. The largest absolute Gasteiger partial charge is 0.386 e. The molecule has 0 saturated heterocycles. The van der Waals surface area contributed by atoms with Crippen LogP contribution in [0, 0.1) is 0 Å². The maximum atomic E-state index is 9.85. The molecule has 2 heteroatoms. The van der Waals surface area contributed by atoms with Gasteiger partial charge in [0, 0.05) is 0 Å². The molecule has 0 fully saturated rings. The van der Waals surface area contributed by atoms with E-state index in [-0.39, 0.29) is 0 Å². The highest BCUT2D eigenvalue weighted by Crippen LogP contribution is 2.19.